The van der Waals surface area contributed by atoms with Crippen LogP contribution in [-0.2, 0) is 14.2 Å². The molecule has 0 aliphatic carbocycles. The summed E-state index contributed by atoms with van der Waals surface area (Å²) in [5.41, 5.74) is 0.272. The minimum atomic E-state index is -0.695. The van der Waals surface area contributed by atoms with Gasteiger partial charge in [0.1, 0.15) is 12.7 Å². The highest BCUT2D eigenvalue weighted by Crippen LogP contribution is 2.22. The molecule has 0 aromatic heterocycles. The summed E-state index contributed by atoms with van der Waals surface area (Å²) >= 11 is 5.43. The monoisotopic (exact) mass is 298 g/mol. The van der Waals surface area contributed by atoms with Gasteiger partial charge in [0.2, 0.25) is 0 Å². The van der Waals surface area contributed by atoms with Gasteiger partial charge in [0.05, 0.1) is 12.2 Å². The third-order valence-corrected chi connectivity index (χ3v) is 3.03. The van der Waals surface area contributed by atoms with E-state index in [0.29, 0.717) is 6.61 Å². The normalized spacial score (nSPS) is 20.6. The van der Waals surface area contributed by atoms with Gasteiger partial charge >= 0.3 is 5.97 Å². The van der Waals surface area contributed by atoms with Crippen molar-refractivity contribution in [2.24, 2.45) is 0 Å². The van der Waals surface area contributed by atoms with Crippen LogP contribution in [0.3, 0.4) is 0 Å². The quantitative estimate of drug-likeness (QED) is 0.631. The van der Waals surface area contributed by atoms with Crippen LogP contribution in [0.4, 0.5) is 0 Å². The first-order chi connectivity index (χ1) is 9.39. The molecule has 1 aromatic rings. The average molecular weight is 299 g/mol. The lowest BCUT2D eigenvalue weighted by molar-refractivity contribution is -0.142. The molecule has 0 radical (unpaired) electrons. The predicted octanol–water partition coefficient (Wildman–Crippen LogP) is 2.37. The summed E-state index contributed by atoms with van der Waals surface area (Å²) in [6.45, 7) is 4.00. The van der Waals surface area contributed by atoms with Crippen LogP contribution in [0.15, 0.2) is 24.3 Å². The van der Waals surface area contributed by atoms with Gasteiger partial charge < -0.3 is 14.2 Å². The minimum absolute atomic E-state index is 0.0626. The first-order valence-corrected chi connectivity index (χ1v) is 6.54. The fourth-order valence-electron chi connectivity index (χ4n) is 1.92. The molecular weight excluding hydrogens is 284 g/mol. The third kappa shape index (κ3) is 3.56. The SMILES string of the molecule is CC1(C)OCC(COC(=O)c2ccccc2C(=O)Cl)O1. The molecule has 1 heterocycles. The summed E-state index contributed by atoms with van der Waals surface area (Å²) in [6, 6.07) is 6.24. The first kappa shape index (κ1) is 15.0. The first-order valence-electron chi connectivity index (χ1n) is 6.17. The summed E-state index contributed by atoms with van der Waals surface area (Å²) < 4.78 is 16.0. The Labute approximate surface area is 121 Å². The molecule has 6 heteroatoms. The largest absolute Gasteiger partial charge is 0.459 e. The molecular formula is C14H15ClO5. The second-order valence-electron chi connectivity index (χ2n) is 4.87. The third-order valence-electron chi connectivity index (χ3n) is 2.83. The van der Waals surface area contributed by atoms with E-state index in [4.69, 9.17) is 25.8 Å². The van der Waals surface area contributed by atoms with Crippen molar-refractivity contribution >= 4 is 22.8 Å². The van der Waals surface area contributed by atoms with E-state index in [9.17, 15) is 9.59 Å². The van der Waals surface area contributed by atoms with Crippen molar-refractivity contribution in [1.29, 1.82) is 0 Å². The highest BCUT2D eigenvalue weighted by atomic mass is 35.5. The fraction of sp³-hybridized carbons (Fsp3) is 0.429. The van der Waals surface area contributed by atoms with Crippen LogP contribution in [0, 0.1) is 0 Å². The maximum atomic E-state index is 12.0. The van der Waals surface area contributed by atoms with E-state index >= 15 is 0 Å². The predicted molar refractivity (Wildman–Crippen MR) is 71.8 cm³/mol. The Hall–Kier alpha value is -1.43. The van der Waals surface area contributed by atoms with E-state index in [-0.39, 0.29) is 23.8 Å². The molecule has 0 spiro atoms. The number of rotatable bonds is 4. The van der Waals surface area contributed by atoms with E-state index in [1.54, 1.807) is 26.0 Å². The molecule has 1 atom stereocenters. The van der Waals surface area contributed by atoms with Gasteiger partial charge in [0.25, 0.3) is 5.24 Å². The second kappa shape index (κ2) is 5.91. The maximum absolute atomic E-state index is 12.0. The Kier molecular flexibility index (Phi) is 4.42. The van der Waals surface area contributed by atoms with E-state index < -0.39 is 17.0 Å². The van der Waals surface area contributed by atoms with Crippen LogP contribution in [0.25, 0.3) is 0 Å². The molecule has 108 valence electrons. The molecule has 2 rings (SSSR count). The molecule has 0 amide bonds. The lowest BCUT2D eigenvalue weighted by Crippen LogP contribution is -2.25. The minimum Gasteiger partial charge on any atom is -0.459 e. The van der Waals surface area contributed by atoms with Crippen LogP contribution in [-0.4, -0.2) is 36.3 Å². The van der Waals surface area contributed by atoms with Gasteiger partial charge in [-0.05, 0) is 37.6 Å². The molecule has 1 aliphatic heterocycles. The van der Waals surface area contributed by atoms with Crippen molar-refractivity contribution in [3.8, 4) is 0 Å². The number of hydrogen-bond acceptors (Lipinski definition) is 5. The van der Waals surface area contributed by atoms with Gasteiger partial charge in [-0.3, -0.25) is 4.79 Å². The Morgan fingerprint density at radius 2 is 2.00 bits per heavy atom. The molecule has 1 fully saturated rings. The van der Waals surface area contributed by atoms with Crippen LogP contribution < -0.4 is 0 Å². The zero-order valence-electron chi connectivity index (χ0n) is 11.2. The number of hydrogen-bond donors (Lipinski definition) is 0. The lowest BCUT2D eigenvalue weighted by atomic mass is 10.1. The smallest absolute Gasteiger partial charge is 0.339 e. The Bertz CT molecular complexity index is 526. The van der Waals surface area contributed by atoms with Crippen molar-refractivity contribution < 1.29 is 23.8 Å². The molecule has 1 unspecified atom stereocenters. The highest BCUT2D eigenvalue weighted by molar-refractivity contribution is 6.68. The molecule has 0 bridgehead atoms. The summed E-state index contributed by atoms with van der Waals surface area (Å²) in [5.74, 6) is -1.27. The fourth-order valence-corrected chi connectivity index (χ4v) is 2.09. The maximum Gasteiger partial charge on any atom is 0.339 e. The molecule has 0 saturated carbocycles. The number of halogens is 1. The number of carbonyl (C=O) groups is 2. The molecule has 0 N–H and O–H groups in total. The van der Waals surface area contributed by atoms with Crippen molar-refractivity contribution in [1.82, 2.24) is 0 Å². The van der Waals surface area contributed by atoms with Gasteiger partial charge in [0, 0.05) is 5.56 Å². The topological polar surface area (TPSA) is 61.8 Å². The van der Waals surface area contributed by atoms with E-state index in [1.165, 1.54) is 12.1 Å². The number of benzene rings is 1. The number of carbonyl (C=O) groups excluding carboxylic acids is 2. The molecule has 1 aliphatic rings. The second-order valence-corrected chi connectivity index (χ2v) is 5.21. The Morgan fingerprint density at radius 1 is 1.35 bits per heavy atom. The van der Waals surface area contributed by atoms with Gasteiger partial charge in [-0.15, -0.1) is 0 Å². The zero-order valence-corrected chi connectivity index (χ0v) is 12.0. The van der Waals surface area contributed by atoms with Gasteiger partial charge in [-0.1, -0.05) is 12.1 Å². The number of esters is 1. The van der Waals surface area contributed by atoms with Crippen LogP contribution in [0.5, 0.6) is 0 Å². The summed E-state index contributed by atoms with van der Waals surface area (Å²) in [5, 5.41) is -0.695. The van der Waals surface area contributed by atoms with Crippen LogP contribution in [0.1, 0.15) is 34.6 Å². The van der Waals surface area contributed by atoms with Crippen molar-refractivity contribution in [2.45, 2.75) is 25.7 Å². The van der Waals surface area contributed by atoms with Gasteiger partial charge in [0.15, 0.2) is 5.79 Å². The van der Waals surface area contributed by atoms with Crippen molar-refractivity contribution in [2.75, 3.05) is 13.2 Å². The van der Waals surface area contributed by atoms with Crippen LogP contribution >= 0.6 is 11.6 Å². The Balaban J connectivity index is 1.98. The summed E-state index contributed by atoms with van der Waals surface area (Å²) in [4.78, 5) is 23.2. The standard InChI is InChI=1S/C14H15ClO5/c1-14(2)19-8-9(20-14)7-18-13(17)11-6-4-3-5-10(11)12(15)16/h3-6,9H,7-8H2,1-2H3. The van der Waals surface area contributed by atoms with E-state index in [0.717, 1.165) is 0 Å². The molecule has 5 nitrogen and oxygen atoms in total. The van der Waals surface area contributed by atoms with Crippen molar-refractivity contribution in [3.05, 3.63) is 35.4 Å². The molecule has 1 saturated heterocycles. The summed E-state index contributed by atoms with van der Waals surface area (Å²) in [6.07, 6.45) is -0.312. The zero-order chi connectivity index (χ0) is 14.8. The summed E-state index contributed by atoms with van der Waals surface area (Å²) in [7, 11) is 0. The highest BCUT2D eigenvalue weighted by Gasteiger charge is 2.33. The Morgan fingerprint density at radius 3 is 2.55 bits per heavy atom. The molecule has 1 aromatic carbocycles. The average Bonchev–Trinajstić information content (AvgIpc) is 2.75. The van der Waals surface area contributed by atoms with E-state index in [2.05, 4.69) is 0 Å². The van der Waals surface area contributed by atoms with Crippen LogP contribution in [0.2, 0.25) is 0 Å². The van der Waals surface area contributed by atoms with Gasteiger partial charge in [-0.2, -0.15) is 0 Å². The van der Waals surface area contributed by atoms with Crippen molar-refractivity contribution in [3.63, 3.8) is 0 Å². The lowest BCUT2D eigenvalue weighted by Gasteiger charge is -2.17. The number of ether oxygens (including phenoxy) is 3. The van der Waals surface area contributed by atoms with E-state index in [1.807, 2.05) is 0 Å². The molecule has 20 heavy (non-hydrogen) atoms. The van der Waals surface area contributed by atoms with Gasteiger partial charge in [-0.25, -0.2) is 4.79 Å².